The van der Waals surface area contributed by atoms with E-state index >= 15 is 0 Å². The second-order valence-corrected chi connectivity index (χ2v) is 8.15. The van der Waals surface area contributed by atoms with Crippen molar-refractivity contribution in [3.8, 4) is 0 Å². The van der Waals surface area contributed by atoms with Gasteiger partial charge in [0.05, 0.1) is 9.47 Å². The highest BCUT2D eigenvalue weighted by Crippen LogP contribution is 2.32. The molecule has 3 nitrogen and oxygen atoms in total. The van der Waals surface area contributed by atoms with Gasteiger partial charge in [0.15, 0.2) is 11.6 Å². The van der Waals surface area contributed by atoms with Crippen LogP contribution in [0.1, 0.15) is 5.56 Å². The number of thiophene rings is 1. The number of sulfonamides is 1. The number of aryl methyl sites for hydroxylation is 1. The first-order chi connectivity index (χ1) is 9.20. The van der Waals surface area contributed by atoms with Gasteiger partial charge in [0.25, 0.3) is 10.0 Å². The molecule has 0 aliphatic heterocycles. The summed E-state index contributed by atoms with van der Waals surface area (Å²) in [6, 6.07) is 2.12. The third kappa shape index (κ3) is 2.99. The molecule has 20 heavy (non-hydrogen) atoms. The fourth-order valence-corrected chi connectivity index (χ4v) is 4.64. The SMILES string of the molecule is Cc1cc(S(=O)(=O)Nc2cc(F)c(F)cc2F)sc1Br. The van der Waals surface area contributed by atoms with Gasteiger partial charge < -0.3 is 0 Å². The van der Waals surface area contributed by atoms with E-state index in [0.29, 0.717) is 15.4 Å². The Labute approximate surface area is 125 Å². The molecule has 0 atom stereocenters. The van der Waals surface area contributed by atoms with Gasteiger partial charge in [-0.1, -0.05) is 0 Å². The van der Waals surface area contributed by atoms with Crippen LogP contribution in [0.4, 0.5) is 18.9 Å². The van der Waals surface area contributed by atoms with Crippen molar-refractivity contribution < 1.29 is 21.6 Å². The van der Waals surface area contributed by atoms with Crippen molar-refractivity contribution in [1.82, 2.24) is 0 Å². The summed E-state index contributed by atoms with van der Waals surface area (Å²) in [4.78, 5) is 0. The predicted octanol–water partition coefficient (Wildman–Crippen LogP) is 4.04. The minimum atomic E-state index is -4.06. The standard InChI is InChI=1S/C11H7BrF3NO2S2/c1-5-2-10(19-11(5)12)20(17,18)16-9-4-7(14)6(13)3-8(9)15/h2-4,16H,1H3. The molecule has 0 amide bonds. The molecule has 2 aromatic rings. The highest BCUT2D eigenvalue weighted by molar-refractivity contribution is 9.11. The van der Waals surface area contributed by atoms with Crippen LogP contribution in [0.5, 0.6) is 0 Å². The van der Waals surface area contributed by atoms with Gasteiger partial charge in [-0.05, 0) is 34.5 Å². The number of hydrogen-bond donors (Lipinski definition) is 1. The molecule has 108 valence electrons. The van der Waals surface area contributed by atoms with Gasteiger partial charge >= 0.3 is 0 Å². The predicted molar refractivity (Wildman–Crippen MR) is 73.9 cm³/mol. The normalized spacial score (nSPS) is 11.7. The first-order valence-corrected chi connectivity index (χ1v) is 8.23. The van der Waals surface area contributed by atoms with E-state index in [9.17, 15) is 21.6 Å². The molecule has 0 aliphatic rings. The van der Waals surface area contributed by atoms with E-state index in [1.165, 1.54) is 6.07 Å². The van der Waals surface area contributed by atoms with E-state index in [1.54, 1.807) is 6.92 Å². The molecule has 0 saturated heterocycles. The van der Waals surface area contributed by atoms with Gasteiger partial charge in [0.2, 0.25) is 0 Å². The molecule has 0 bridgehead atoms. The third-order valence-corrected chi connectivity index (χ3v) is 6.33. The molecule has 2 rings (SSSR count). The molecule has 1 aromatic carbocycles. The lowest BCUT2D eigenvalue weighted by molar-refractivity contribution is 0.496. The summed E-state index contributed by atoms with van der Waals surface area (Å²) >= 11 is 4.10. The van der Waals surface area contributed by atoms with Crippen LogP contribution < -0.4 is 4.72 Å². The maximum atomic E-state index is 13.4. The average molecular weight is 386 g/mol. The Morgan fingerprint density at radius 3 is 2.25 bits per heavy atom. The summed E-state index contributed by atoms with van der Waals surface area (Å²) in [5.41, 5.74) is 0.0483. The Bertz CT molecular complexity index is 755. The van der Waals surface area contributed by atoms with Crippen LogP contribution in [0.2, 0.25) is 0 Å². The smallest absolute Gasteiger partial charge is 0.271 e. The Balaban J connectivity index is 2.40. The van der Waals surface area contributed by atoms with Gasteiger partial charge in [0, 0.05) is 12.1 Å². The summed E-state index contributed by atoms with van der Waals surface area (Å²) < 4.78 is 65.7. The summed E-state index contributed by atoms with van der Waals surface area (Å²) in [6.07, 6.45) is 0. The number of benzene rings is 1. The molecule has 0 radical (unpaired) electrons. The van der Waals surface area contributed by atoms with Crippen molar-refractivity contribution in [3.05, 3.63) is 45.0 Å². The molecule has 0 fully saturated rings. The van der Waals surface area contributed by atoms with Crippen LogP contribution in [0.3, 0.4) is 0 Å². The summed E-state index contributed by atoms with van der Waals surface area (Å²) in [6.45, 7) is 1.69. The van der Waals surface area contributed by atoms with E-state index in [2.05, 4.69) is 15.9 Å². The zero-order valence-corrected chi connectivity index (χ0v) is 13.1. The van der Waals surface area contributed by atoms with E-state index in [0.717, 1.165) is 11.3 Å². The Morgan fingerprint density at radius 2 is 1.70 bits per heavy atom. The molecule has 1 N–H and O–H groups in total. The van der Waals surface area contributed by atoms with Crippen LogP contribution in [0.25, 0.3) is 0 Å². The van der Waals surface area contributed by atoms with E-state index in [1.807, 2.05) is 4.72 Å². The molecular weight excluding hydrogens is 379 g/mol. The Hall–Kier alpha value is -1.06. The minimum absolute atomic E-state index is 0.0639. The van der Waals surface area contributed by atoms with Crippen LogP contribution in [-0.4, -0.2) is 8.42 Å². The average Bonchev–Trinajstić information content (AvgIpc) is 2.67. The molecular formula is C11H7BrF3NO2S2. The zero-order chi connectivity index (χ0) is 15.1. The fraction of sp³-hybridized carbons (Fsp3) is 0.0909. The Kier molecular flexibility index (Phi) is 4.12. The second-order valence-electron chi connectivity index (χ2n) is 3.87. The molecule has 1 heterocycles. The number of nitrogens with one attached hydrogen (secondary N) is 1. The van der Waals surface area contributed by atoms with Crippen molar-refractivity contribution in [2.75, 3.05) is 4.72 Å². The van der Waals surface area contributed by atoms with E-state index < -0.39 is 33.2 Å². The minimum Gasteiger partial charge on any atom is -0.276 e. The van der Waals surface area contributed by atoms with Crippen LogP contribution in [0.15, 0.2) is 26.2 Å². The third-order valence-electron chi connectivity index (χ3n) is 2.35. The van der Waals surface area contributed by atoms with Crippen molar-refractivity contribution in [3.63, 3.8) is 0 Å². The summed E-state index contributed by atoms with van der Waals surface area (Å²) in [5.74, 6) is -3.92. The van der Waals surface area contributed by atoms with Gasteiger partial charge in [-0.2, -0.15) is 0 Å². The summed E-state index contributed by atoms with van der Waals surface area (Å²) in [5, 5.41) is 0. The lowest BCUT2D eigenvalue weighted by Gasteiger charge is -2.07. The van der Waals surface area contributed by atoms with Gasteiger partial charge in [0.1, 0.15) is 10.0 Å². The number of anilines is 1. The number of rotatable bonds is 3. The van der Waals surface area contributed by atoms with E-state index in [-0.39, 0.29) is 10.3 Å². The van der Waals surface area contributed by atoms with Crippen molar-refractivity contribution in [2.24, 2.45) is 0 Å². The molecule has 0 unspecified atom stereocenters. The quantitative estimate of drug-likeness (QED) is 0.810. The van der Waals surface area contributed by atoms with Crippen LogP contribution in [0, 0.1) is 24.4 Å². The van der Waals surface area contributed by atoms with Crippen LogP contribution in [-0.2, 0) is 10.0 Å². The van der Waals surface area contributed by atoms with Crippen molar-refractivity contribution in [2.45, 2.75) is 11.1 Å². The lowest BCUT2D eigenvalue weighted by Crippen LogP contribution is -2.13. The summed E-state index contributed by atoms with van der Waals surface area (Å²) in [7, 11) is -4.06. The lowest BCUT2D eigenvalue weighted by atomic mass is 10.3. The number of halogens is 4. The van der Waals surface area contributed by atoms with Gasteiger partial charge in [-0.3, -0.25) is 4.72 Å². The molecule has 1 aromatic heterocycles. The van der Waals surface area contributed by atoms with E-state index in [4.69, 9.17) is 0 Å². The number of hydrogen-bond acceptors (Lipinski definition) is 3. The Morgan fingerprint density at radius 1 is 1.10 bits per heavy atom. The highest BCUT2D eigenvalue weighted by Gasteiger charge is 2.21. The molecule has 0 aliphatic carbocycles. The molecule has 0 spiro atoms. The zero-order valence-electron chi connectivity index (χ0n) is 9.88. The molecule has 9 heteroatoms. The van der Waals surface area contributed by atoms with Gasteiger partial charge in [-0.15, -0.1) is 11.3 Å². The maximum absolute atomic E-state index is 13.4. The van der Waals surface area contributed by atoms with Crippen molar-refractivity contribution >= 4 is 43.0 Å². The second kappa shape index (κ2) is 5.38. The van der Waals surface area contributed by atoms with Crippen LogP contribution >= 0.6 is 27.3 Å². The topological polar surface area (TPSA) is 46.2 Å². The first-order valence-electron chi connectivity index (χ1n) is 5.14. The van der Waals surface area contributed by atoms with Gasteiger partial charge in [-0.25, -0.2) is 21.6 Å². The maximum Gasteiger partial charge on any atom is 0.271 e. The fourth-order valence-electron chi connectivity index (χ4n) is 1.36. The molecule has 0 saturated carbocycles. The van der Waals surface area contributed by atoms with Crippen molar-refractivity contribution in [1.29, 1.82) is 0 Å². The largest absolute Gasteiger partial charge is 0.276 e. The monoisotopic (exact) mass is 385 g/mol. The highest BCUT2D eigenvalue weighted by atomic mass is 79.9. The first kappa shape index (κ1) is 15.3.